The fourth-order valence-corrected chi connectivity index (χ4v) is 8.85. The molecule has 208 valence electrons. The van der Waals surface area contributed by atoms with Crippen molar-refractivity contribution in [3.63, 3.8) is 0 Å². The van der Waals surface area contributed by atoms with Gasteiger partial charge in [0.05, 0.1) is 16.6 Å². The van der Waals surface area contributed by atoms with E-state index in [9.17, 15) is 19.2 Å². The summed E-state index contributed by atoms with van der Waals surface area (Å²) in [6.07, 6.45) is 3.04. The summed E-state index contributed by atoms with van der Waals surface area (Å²) >= 11 is 5.76. The fourth-order valence-electron chi connectivity index (χ4n) is 5.82. The second-order valence-electron chi connectivity index (χ2n) is 10.6. The van der Waals surface area contributed by atoms with E-state index < -0.39 is 17.1 Å². The number of hydrogen-bond acceptors (Lipinski definition) is 7. The third-order valence-corrected chi connectivity index (χ3v) is 11.0. The van der Waals surface area contributed by atoms with Crippen molar-refractivity contribution in [3.8, 4) is 0 Å². The van der Waals surface area contributed by atoms with Crippen molar-refractivity contribution in [2.45, 2.75) is 42.0 Å². The summed E-state index contributed by atoms with van der Waals surface area (Å²) in [6.45, 7) is 1.35. The van der Waals surface area contributed by atoms with Crippen molar-refractivity contribution in [3.05, 3.63) is 73.1 Å². The van der Waals surface area contributed by atoms with Gasteiger partial charge in [-0.1, -0.05) is 51.2 Å². The number of thioether (sulfide) groups is 1. The van der Waals surface area contributed by atoms with Gasteiger partial charge in [0.25, 0.3) is 0 Å². The molecule has 0 bridgehead atoms. The van der Waals surface area contributed by atoms with Crippen molar-refractivity contribution in [1.82, 2.24) is 9.47 Å². The average Bonchev–Trinajstić information content (AvgIpc) is 3.40. The first-order valence-corrected chi connectivity index (χ1v) is 15.8. The Kier molecular flexibility index (Phi) is 7.39. The summed E-state index contributed by atoms with van der Waals surface area (Å²) in [6, 6.07) is 15.1. The van der Waals surface area contributed by atoms with E-state index in [-0.39, 0.29) is 29.1 Å². The minimum absolute atomic E-state index is 0.0557. The lowest BCUT2D eigenvalue weighted by molar-refractivity contribution is -0.133. The van der Waals surface area contributed by atoms with Crippen LogP contribution in [0.15, 0.2) is 62.8 Å². The van der Waals surface area contributed by atoms with E-state index in [1.165, 1.54) is 21.2 Å². The molecule has 8 nitrogen and oxygen atoms in total. The summed E-state index contributed by atoms with van der Waals surface area (Å²) in [4.78, 5) is 60.0. The molecular formula is C29H29BrN4O4S2. The standard InChI is InChI=1S/C29H29BrN4O4S2/c1-31(2)19-10-6-17(7-11-19)22-23-24(27(37)34(26(23)36)20-12-8-18(30)9-13-20)39-28-25(22)40-29(38)33(28)16-21(35)32-14-4-3-5-15-32/h6-13,22-24H,3-5,14-16H2,1-2H3/t22-,23?,24?/m1/s1. The topological polar surface area (TPSA) is 82.9 Å². The lowest BCUT2D eigenvalue weighted by Gasteiger charge is -2.31. The Hall–Kier alpha value is -2.89. The van der Waals surface area contributed by atoms with Crippen LogP contribution < -0.4 is 14.7 Å². The van der Waals surface area contributed by atoms with Crippen LogP contribution in [0.4, 0.5) is 11.4 Å². The van der Waals surface area contributed by atoms with Gasteiger partial charge in [0.1, 0.15) is 11.8 Å². The van der Waals surface area contributed by atoms with E-state index in [0.29, 0.717) is 23.8 Å². The number of thiazole rings is 1. The molecule has 0 N–H and O–H groups in total. The molecule has 0 saturated carbocycles. The van der Waals surface area contributed by atoms with Crippen LogP contribution in [0.3, 0.4) is 0 Å². The van der Waals surface area contributed by atoms with E-state index in [2.05, 4.69) is 15.9 Å². The molecule has 0 aliphatic carbocycles. The van der Waals surface area contributed by atoms with E-state index >= 15 is 0 Å². The van der Waals surface area contributed by atoms with Gasteiger partial charge < -0.3 is 9.80 Å². The predicted molar refractivity (Wildman–Crippen MR) is 161 cm³/mol. The Morgan fingerprint density at radius 3 is 2.27 bits per heavy atom. The van der Waals surface area contributed by atoms with Crippen LogP contribution in [-0.2, 0) is 20.9 Å². The number of likely N-dealkylation sites (tertiary alicyclic amines) is 1. The zero-order chi connectivity index (χ0) is 28.1. The quantitative estimate of drug-likeness (QED) is 0.381. The van der Waals surface area contributed by atoms with Gasteiger partial charge in [-0.05, 0) is 61.2 Å². The lowest BCUT2D eigenvalue weighted by Crippen LogP contribution is -2.39. The Balaban J connectivity index is 1.43. The Morgan fingerprint density at radius 1 is 0.950 bits per heavy atom. The van der Waals surface area contributed by atoms with E-state index in [1.54, 1.807) is 12.1 Å². The van der Waals surface area contributed by atoms with Gasteiger partial charge in [0.15, 0.2) is 0 Å². The number of halogens is 1. The fraction of sp³-hybridized carbons (Fsp3) is 0.379. The summed E-state index contributed by atoms with van der Waals surface area (Å²) in [7, 11) is 3.92. The SMILES string of the molecule is CN(C)c1ccc([C@H]2c3sc(=O)n(CC(=O)N4CCCCC4)c3SC3C(=O)N(c4ccc(Br)cc4)C(=O)C32)cc1. The highest BCUT2D eigenvalue weighted by Crippen LogP contribution is 2.54. The van der Waals surface area contributed by atoms with Crippen LogP contribution in [-0.4, -0.2) is 59.6 Å². The van der Waals surface area contributed by atoms with Gasteiger partial charge in [-0.25, -0.2) is 4.90 Å². The zero-order valence-corrected chi connectivity index (χ0v) is 25.4. The van der Waals surface area contributed by atoms with Crippen molar-refractivity contribution in [2.24, 2.45) is 5.92 Å². The Bertz CT molecular complexity index is 1530. The molecule has 11 heteroatoms. The number of rotatable bonds is 5. The molecule has 3 atom stereocenters. The van der Waals surface area contributed by atoms with Crippen LogP contribution in [0.2, 0.25) is 0 Å². The number of amides is 3. The third-order valence-electron chi connectivity index (χ3n) is 7.90. The Morgan fingerprint density at radius 2 is 1.62 bits per heavy atom. The van der Waals surface area contributed by atoms with Crippen molar-refractivity contribution >= 4 is 68.1 Å². The van der Waals surface area contributed by atoms with Gasteiger partial charge in [0.2, 0.25) is 17.7 Å². The minimum atomic E-state index is -0.701. The van der Waals surface area contributed by atoms with Gasteiger partial charge in [-0.3, -0.25) is 23.7 Å². The zero-order valence-electron chi connectivity index (χ0n) is 22.2. The molecule has 0 spiro atoms. The number of nitrogens with zero attached hydrogens (tertiary/aromatic N) is 4. The maximum absolute atomic E-state index is 14.0. The monoisotopic (exact) mass is 640 g/mol. The lowest BCUT2D eigenvalue weighted by atomic mass is 9.83. The molecule has 0 radical (unpaired) electrons. The second-order valence-corrected chi connectivity index (χ2v) is 13.6. The van der Waals surface area contributed by atoms with Crippen molar-refractivity contribution < 1.29 is 14.4 Å². The highest BCUT2D eigenvalue weighted by molar-refractivity contribution is 9.10. The van der Waals surface area contributed by atoms with Gasteiger partial charge in [-0.2, -0.15) is 0 Å². The van der Waals surface area contributed by atoms with Crippen molar-refractivity contribution in [1.29, 1.82) is 0 Å². The number of aromatic nitrogens is 1. The summed E-state index contributed by atoms with van der Waals surface area (Å²) in [5.74, 6) is -1.78. The molecule has 2 saturated heterocycles. The number of piperidine rings is 1. The smallest absolute Gasteiger partial charge is 0.308 e. The molecule has 3 aliphatic rings. The number of anilines is 2. The number of carbonyl (C=O) groups is 3. The molecule has 3 aliphatic heterocycles. The number of imide groups is 1. The van der Waals surface area contributed by atoms with Crippen LogP contribution in [0, 0.1) is 5.92 Å². The van der Waals surface area contributed by atoms with E-state index in [0.717, 1.165) is 51.2 Å². The molecule has 6 rings (SSSR count). The minimum Gasteiger partial charge on any atom is -0.378 e. The Labute approximate surface area is 249 Å². The summed E-state index contributed by atoms with van der Waals surface area (Å²) in [5.41, 5.74) is 2.40. The van der Waals surface area contributed by atoms with Gasteiger partial charge in [0, 0.05) is 48.1 Å². The van der Waals surface area contributed by atoms with Crippen LogP contribution in [0.1, 0.15) is 35.6 Å². The first kappa shape index (κ1) is 27.3. The van der Waals surface area contributed by atoms with E-state index in [4.69, 9.17) is 0 Å². The average molecular weight is 642 g/mol. The van der Waals surface area contributed by atoms with Crippen molar-refractivity contribution in [2.75, 3.05) is 37.0 Å². The molecular weight excluding hydrogens is 612 g/mol. The number of carbonyl (C=O) groups excluding carboxylic acids is 3. The largest absolute Gasteiger partial charge is 0.378 e. The number of fused-ring (bicyclic) bond motifs is 2. The molecule has 1 aromatic heterocycles. The molecule has 2 fully saturated rings. The summed E-state index contributed by atoms with van der Waals surface area (Å²) < 4.78 is 2.38. The first-order chi connectivity index (χ1) is 19.2. The molecule has 40 heavy (non-hydrogen) atoms. The normalized spacial score (nSPS) is 22.3. The maximum atomic E-state index is 14.0. The maximum Gasteiger partial charge on any atom is 0.308 e. The van der Waals surface area contributed by atoms with Gasteiger partial charge >= 0.3 is 4.87 Å². The number of benzene rings is 2. The molecule has 3 aromatic rings. The van der Waals surface area contributed by atoms with Crippen LogP contribution in [0.25, 0.3) is 0 Å². The molecule has 2 unspecified atom stereocenters. The predicted octanol–water partition coefficient (Wildman–Crippen LogP) is 4.55. The third kappa shape index (κ3) is 4.71. The number of hydrogen-bond donors (Lipinski definition) is 0. The van der Waals surface area contributed by atoms with Gasteiger partial charge in [-0.15, -0.1) is 0 Å². The summed E-state index contributed by atoms with van der Waals surface area (Å²) in [5, 5.41) is -0.0744. The molecule has 4 heterocycles. The molecule has 2 aromatic carbocycles. The molecule has 3 amide bonds. The first-order valence-electron chi connectivity index (χ1n) is 13.3. The van der Waals surface area contributed by atoms with Crippen LogP contribution >= 0.6 is 39.0 Å². The second kappa shape index (κ2) is 10.8. The van der Waals surface area contributed by atoms with E-state index in [1.807, 2.05) is 60.3 Å². The highest BCUT2D eigenvalue weighted by Gasteiger charge is 2.56. The highest BCUT2D eigenvalue weighted by atomic mass is 79.9. The van der Waals surface area contributed by atoms with Crippen LogP contribution in [0.5, 0.6) is 0 Å².